The second-order valence-corrected chi connectivity index (χ2v) is 14.0. The fourth-order valence-corrected chi connectivity index (χ4v) is 10.6. The van der Waals surface area contributed by atoms with Crippen LogP contribution >= 0.6 is 0 Å². The van der Waals surface area contributed by atoms with Gasteiger partial charge in [-0.2, -0.15) is 0 Å². The second-order valence-electron chi connectivity index (χ2n) is 8.57. The molecule has 0 saturated carbocycles. The van der Waals surface area contributed by atoms with Crippen molar-refractivity contribution in [3.05, 3.63) is 12.2 Å². The van der Waals surface area contributed by atoms with Crippen molar-refractivity contribution in [1.29, 1.82) is 0 Å². The maximum Gasteiger partial charge on any atom is 0.200 e. The van der Waals surface area contributed by atoms with Gasteiger partial charge in [0.25, 0.3) is 0 Å². The molecule has 0 aromatic heterocycles. The average Bonchev–Trinajstić information content (AvgIpc) is 2.55. The van der Waals surface area contributed by atoms with E-state index in [9.17, 15) is 5.11 Å². The summed E-state index contributed by atoms with van der Waals surface area (Å²) in [6.45, 7) is 20.6. The Hall–Kier alpha value is -0.123. The van der Waals surface area contributed by atoms with Crippen molar-refractivity contribution in [1.82, 2.24) is 0 Å². The summed E-state index contributed by atoms with van der Waals surface area (Å²) in [5.41, 5.74) is 1.73. The second kappa shape index (κ2) is 8.31. The van der Waals surface area contributed by atoms with Crippen LogP contribution in [0.25, 0.3) is 0 Å². The molecule has 2 nitrogen and oxygen atoms in total. The van der Waals surface area contributed by atoms with Crippen molar-refractivity contribution >= 4 is 8.32 Å². The summed E-state index contributed by atoms with van der Waals surface area (Å²) in [4.78, 5) is 0. The number of hydrogen-bond acceptors (Lipinski definition) is 2. The Balaban J connectivity index is 3.18. The van der Waals surface area contributed by atoms with Crippen LogP contribution in [-0.4, -0.2) is 25.6 Å². The first-order valence-electron chi connectivity index (χ1n) is 9.63. The molecule has 3 heteroatoms. The Kier molecular flexibility index (Phi) is 7.56. The van der Waals surface area contributed by atoms with Crippen molar-refractivity contribution in [2.24, 2.45) is 17.8 Å². The third kappa shape index (κ3) is 4.11. The first-order chi connectivity index (χ1) is 10.6. The number of aliphatic hydroxyl groups is 1. The summed E-state index contributed by atoms with van der Waals surface area (Å²) in [5.74, 6) is 0.793. The highest BCUT2D eigenvalue weighted by Crippen LogP contribution is 2.45. The largest absolute Gasteiger partial charge is 0.412 e. The van der Waals surface area contributed by atoms with Crippen LogP contribution in [0.15, 0.2) is 12.2 Å². The number of rotatable bonds is 6. The zero-order chi connectivity index (χ0) is 17.9. The third-order valence-corrected chi connectivity index (χ3v) is 12.3. The minimum absolute atomic E-state index is 0.122. The molecule has 0 spiro atoms. The van der Waals surface area contributed by atoms with Gasteiger partial charge >= 0.3 is 0 Å². The van der Waals surface area contributed by atoms with Crippen LogP contribution < -0.4 is 0 Å². The first-order valence-corrected chi connectivity index (χ1v) is 11.8. The topological polar surface area (TPSA) is 29.5 Å². The van der Waals surface area contributed by atoms with Crippen LogP contribution in [-0.2, 0) is 4.43 Å². The molecule has 0 bridgehead atoms. The van der Waals surface area contributed by atoms with Crippen molar-refractivity contribution in [3.63, 3.8) is 0 Å². The van der Waals surface area contributed by atoms with Gasteiger partial charge in [-0.3, -0.25) is 0 Å². The molecule has 0 heterocycles. The van der Waals surface area contributed by atoms with E-state index in [0.29, 0.717) is 22.5 Å². The molecule has 0 aromatic rings. The molecule has 0 fully saturated rings. The van der Waals surface area contributed by atoms with Crippen molar-refractivity contribution in [2.75, 3.05) is 0 Å². The molecule has 1 aliphatic rings. The van der Waals surface area contributed by atoms with Gasteiger partial charge in [0.1, 0.15) is 0 Å². The smallest absolute Gasteiger partial charge is 0.200 e. The lowest BCUT2D eigenvalue weighted by Gasteiger charge is -2.47. The Labute approximate surface area is 145 Å². The highest BCUT2D eigenvalue weighted by molar-refractivity contribution is 6.77. The summed E-state index contributed by atoms with van der Waals surface area (Å²) in [5, 5.41) is 10.8. The zero-order valence-corrected chi connectivity index (χ0v) is 17.8. The van der Waals surface area contributed by atoms with Crippen molar-refractivity contribution in [2.45, 2.75) is 97.6 Å². The van der Waals surface area contributed by atoms with E-state index in [4.69, 9.17) is 4.43 Å². The molecule has 0 unspecified atom stereocenters. The standard InChI is InChI=1S/C20H40O2Si/c1-10-18-12-11-16(8)20(17(9)19(18)21)22-23(13(2)3,14(4)5)15(6)7/h11-21H,10H2,1-9H3/t16-,17+,18-,19+,20-/m0/s1. The first kappa shape index (κ1) is 20.9. The molecule has 0 amide bonds. The lowest BCUT2D eigenvalue weighted by atomic mass is 9.86. The van der Waals surface area contributed by atoms with Crippen LogP contribution in [0.1, 0.15) is 68.7 Å². The molecular weight excluding hydrogens is 300 g/mol. The van der Waals surface area contributed by atoms with Gasteiger partial charge in [0, 0.05) is 11.8 Å². The predicted molar refractivity (Wildman–Crippen MR) is 103 cm³/mol. The van der Waals surface area contributed by atoms with E-state index in [2.05, 4.69) is 74.5 Å². The van der Waals surface area contributed by atoms with Gasteiger partial charge in [-0.15, -0.1) is 0 Å². The molecule has 0 aliphatic heterocycles. The Morgan fingerprint density at radius 3 is 1.83 bits per heavy atom. The quantitative estimate of drug-likeness (QED) is 0.491. The Morgan fingerprint density at radius 2 is 1.43 bits per heavy atom. The predicted octanol–water partition coefficient (Wildman–Crippen LogP) is 5.78. The van der Waals surface area contributed by atoms with Gasteiger partial charge in [0.05, 0.1) is 12.2 Å². The summed E-state index contributed by atoms with van der Waals surface area (Å²) in [6.07, 6.45) is 5.31. The Bertz CT molecular complexity index is 367. The monoisotopic (exact) mass is 340 g/mol. The number of aliphatic hydroxyl groups excluding tert-OH is 1. The van der Waals surface area contributed by atoms with Gasteiger partial charge in [0.15, 0.2) is 0 Å². The summed E-state index contributed by atoms with van der Waals surface area (Å²) < 4.78 is 7.06. The van der Waals surface area contributed by atoms with Gasteiger partial charge in [-0.1, -0.05) is 74.5 Å². The summed E-state index contributed by atoms with van der Waals surface area (Å²) in [7, 11) is -1.93. The summed E-state index contributed by atoms with van der Waals surface area (Å²) in [6, 6.07) is 0. The highest BCUT2D eigenvalue weighted by Gasteiger charge is 2.49. The SMILES string of the molecule is CC[C@H]1C=C[C@H](C)[C@H](O[Si](C(C)C)(C(C)C)C(C)C)[C@H](C)[C@H]1O. The molecule has 0 saturated heterocycles. The van der Waals surface area contributed by atoms with E-state index < -0.39 is 8.32 Å². The van der Waals surface area contributed by atoms with E-state index in [1.165, 1.54) is 0 Å². The average molecular weight is 341 g/mol. The highest BCUT2D eigenvalue weighted by atomic mass is 28.4. The van der Waals surface area contributed by atoms with Crippen molar-refractivity contribution < 1.29 is 9.53 Å². The van der Waals surface area contributed by atoms with Crippen LogP contribution in [0.5, 0.6) is 0 Å². The lowest BCUT2D eigenvalue weighted by Crippen LogP contribution is -2.53. The molecule has 0 aromatic carbocycles. The van der Waals surface area contributed by atoms with E-state index in [1.54, 1.807) is 0 Å². The van der Waals surface area contributed by atoms with Gasteiger partial charge < -0.3 is 9.53 Å². The van der Waals surface area contributed by atoms with E-state index >= 15 is 0 Å². The lowest BCUT2D eigenvalue weighted by molar-refractivity contribution is -0.00481. The molecule has 23 heavy (non-hydrogen) atoms. The van der Waals surface area contributed by atoms with Gasteiger partial charge in [-0.25, -0.2) is 0 Å². The Morgan fingerprint density at radius 1 is 0.957 bits per heavy atom. The molecule has 1 rings (SSSR count). The minimum Gasteiger partial charge on any atom is -0.412 e. The third-order valence-electron chi connectivity index (χ3n) is 6.19. The van der Waals surface area contributed by atoms with Crippen LogP contribution in [0.3, 0.4) is 0 Å². The molecule has 136 valence electrons. The number of hydrogen-bond donors (Lipinski definition) is 1. The minimum atomic E-state index is -1.93. The van der Waals surface area contributed by atoms with E-state index in [0.717, 1.165) is 6.42 Å². The van der Waals surface area contributed by atoms with Crippen LogP contribution in [0.4, 0.5) is 0 Å². The van der Waals surface area contributed by atoms with E-state index in [-0.39, 0.29) is 24.0 Å². The molecular formula is C20H40O2Si. The fraction of sp³-hybridized carbons (Fsp3) is 0.900. The normalized spacial score (nSPS) is 32.8. The molecule has 1 aliphatic carbocycles. The van der Waals surface area contributed by atoms with E-state index in [1.807, 2.05) is 0 Å². The van der Waals surface area contributed by atoms with Gasteiger partial charge in [-0.05, 0) is 29.0 Å². The van der Waals surface area contributed by atoms with Gasteiger partial charge in [0.2, 0.25) is 8.32 Å². The maximum absolute atomic E-state index is 10.8. The fourth-order valence-electron chi connectivity index (χ4n) is 4.84. The summed E-state index contributed by atoms with van der Waals surface area (Å²) >= 11 is 0. The maximum atomic E-state index is 10.8. The van der Waals surface area contributed by atoms with Crippen molar-refractivity contribution in [3.8, 4) is 0 Å². The van der Waals surface area contributed by atoms with Crippen LogP contribution in [0.2, 0.25) is 16.6 Å². The molecule has 1 N–H and O–H groups in total. The van der Waals surface area contributed by atoms with Crippen LogP contribution in [0, 0.1) is 17.8 Å². The molecule has 0 radical (unpaired) electrons. The molecule has 5 atom stereocenters. The zero-order valence-electron chi connectivity index (χ0n) is 16.8.